The van der Waals surface area contributed by atoms with Gasteiger partial charge in [0.2, 0.25) is 0 Å². The number of para-hydroxylation sites is 1. The lowest BCUT2D eigenvalue weighted by atomic mass is 9.98. The van der Waals surface area contributed by atoms with Gasteiger partial charge in [0.1, 0.15) is 0 Å². The molecule has 2 aliphatic rings. The van der Waals surface area contributed by atoms with E-state index in [1.54, 1.807) is 12.1 Å². The molecule has 0 saturated carbocycles. The van der Waals surface area contributed by atoms with E-state index in [2.05, 4.69) is 13.5 Å². The van der Waals surface area contributed by atoms with Crippen LogP contribution in [0.3, 0.4) is 0 Å². The minimum Gasteiger partial charge on any atom is -0.321 e. The molecule has 2 fully saturated rings. The third-order valence-electron chi connectivity index (χ3n) is 5.43. The summed E-state index contributed by atoms with van der Waals surface area (Å²) in [6, 6.07) is 8.64. The molecule has 0 spiro atoms. The van der Waals surface area contributed by atoms with Crippen molar-refractivity contribution >= 4 is 5.69 Å². The molecule has 2 unspecified atom stereocenters. The number of quaternary nitrogens is 1. The minimum absolute atomic E-state index is 0.256. The summed E-state index contributed by atoms with van der Waals surface area (Å²) < 4.78 is 1.11. The standard InChI is InChI=1S/C16H22N2O2/c1-18(14-6-4-7-15(18)10-9-14)12-11-13-5-2-3-8-16(13)17(19)20/h2-5,8,14-15H,6-7,9-12H2,1H3/q+1. The highest BCUT2D eigenvalue weighted by Gasteiger charge is 2.48. The molecule has 107 valence electrons. The Hall–Kier alpha value is -1.42. The molecule has 1 aromatic rings. The summed E-state index contributed by atoms with van der Waals surface area (Å²) >= 11 is 0. The van der Waals surface area contributed by atoms with E-state index in [9.17, 15) is 10.1 Å². The van der Waals surface area contributed by atoms with E-state index in [4.69, 9.17) is 0 Å². The maximum absolute atomic E-state index is 11.1. The summed E-state index contributed by atoms with van der Waals surface area (Å²) in [4.78, 5) is 10.8. The predicted octanol–water partition coefficient (Wildman–Crippen LogP) is 3.11. The molecule has 2 aliphatic heterocycles. The van der Waals surface area contributed by atoms with E-state index in [0.29, 0.717) is 0 Å². The van der Waals surface area contributed by atoms with E-state index in [1.165, 1.54) is 25.7 Å². The molecule has 20 heavy (non-hydrogen) atoms. The fourth-order valence-corrected chi connectivity index (χ4v) is 4.10. The molecule has 0 N–H and O–H groups in total. The van der Waals surface area contributed by atoms with Gasteiger partial charge in [-0.05, 0) is 6.42 Å². The molecule has 2 saturated heterocycles. The second-order valence-electron chi connectivity index (χ2n) is 6.35. The van der Waals surface area contributed by atoms with Crippen molar-refractivity contribution in [1.82, 2.24) is 0 Å². The average molecular weight is 274 g/mol. The Morgan fingerprint density at radius 3 is 2.55 bits per heavy atom. The molecule has 2 atom stereocenters. The van der Waals surface area contributed by atoms with Crippen molar-refractivity contribution < 1.29 is 9.41 Å². The van der Waals surface area contributed by atoms with Crippen LogP contribution in [-0.4, -0.2) is 35.1 Å². The van der Waals surface area contributed by atoms with Crippen molar-refractivity contribution in [3.8, 4) is 0 Å². The third-order valence-corrected chi connectivity index (χ3v) is 5.43. The fourth-order valence-electron chi connectivity index (χ4n) is 4.10. The SMILES string of the molecule is C[N+]1(CCc2ccccc2[N+](=O)[O-])C2C[CH]CC1CC2. The van der Waals surface area contributed by atoms with Crippen LogP contribution in [0.4, 0.5) is 5.69 Å². The number of benzene rings is 1. The zero-order valence-electron chi connectivity index (χ0n) is 12.0. The van der Waals surface area contributed by atoms with Gasteiger partial charge in [0.15, 0.2) is 0 Å². The van der Waals surface area contributed by atoms with Gasteiger partial charge >= 0.3 is 0 Å². The van der Waals surface area contributed by atoms with E-state index >= 15 is 0 Å². The smallest absolute Gasteiger partial charge is 0.272 e. The van der Waals surface area contributed by atoms with E-state index in [-0.39, 0.29) is 10.6 Å². The van der Waals surface area contributed by atoms with Gasteiger partial charge in [0.25, 0.3) is 5.69 Å². The molecule has 4 heteroatoms. The van der Waals surface area contributed by atoms with Crippen molar-refractivity contribution in [3.05, 3.63) is 46.4 Å². The van der Waals surface area contributed by atoms with Crippen LogP contribution in [0.5, 0.6) is 0 Å². The lowest BCUT2D eigenvalue weighted by Gasteiger charge is -2.44. The number of hydrogen-bond donors (Lipinski definition) is 0. The minimum atomic E-state index is -0.256. The van der Waals surface area contributed by atoms with Crippen LogP contribution in [0.2, 0.25) is 0 Å². The molecule has 1 radical (unpaired) electrons. The fraction of sp³-hybridized carbons (Fsp3) is 0.562. The van der Waals surface area contributed by atoms with Gasteiger partial charge in [-0.1, -0.05) is 18.2 Å². The highest BCUT2D eigenvalue weighted by Crippen LogP contribution is 2.40. The molecule has 4 nitrogen and oxygen atoms in total. The molecular formula is C16H22N2O2+. The van der Waals surface area contributed by atoms with Crippen LogP contribution < -0.4 is 0 Å². The number of rotatable bonds is 4. The zero-order valence-corrected chi connectivity index (χ0v) is 12.0. The van der Waals surface area contributed by atoms with Crippen LogP contribution >= 0.6 is 0 Å². The maximum atomic E-state index is 11.1. The van der Waals surface area contributed by atoms with Crippen molar-refractivity contribution in [1.29, 1.82) is 0 Å². The first-order valence-corrected chi connectivity index (χ1v) is 7.50. The summed E-state index contributed by atoms with van der Waals surface area (Å²) in [6.45, 7) is 1.02. The normalized spacial score (nSPS) is 32.2. The van der Waals surface area contributed by atoms with Gasteiger partial charge in [-0.2, -0.15) is 0 Å². The molecule has 2 heterocycles. The number of fused-ring (bicyclic) bond motifs is 2. The Labute approximate surface area is 120 Å². The van der Waals surface area contributed by atoms with Gasteiger partial charge < -0.3 is 4.48 Å². The average Bonchev–Trinajstić information content (AvgIpc) is 2.65. The first kappa shape index (κ1) is 13.6. The van der Waals surface area contributed by atoms with Gasteiger partial charge in [-0.15, -0.1) is 0 Å². The van der Waals surface area contributed by atoms with E-state index in [1.807, 2.05) is 12.1 Å². The Morgan fingerprint density at radius 2 is 1.90 bits per heavy atom. The number of nitro benzene ring substituents is 1. The van der Waals surface area contributed by atoms with Crippen LogP contribution in [0.1, 0.15) is 31.2 Å². The topological polar surface area (TPSA) is 43.1 Å². The largest absolute Gasteiger partial charge is 0.321 e. The summed E-state index contributed by atoms with van der Waals surface area (Å²) in [6.07, 6.45) is 8.30. The zero-order chi connectivity index (χ0) is 14.2. The molecular weight excluding hydrogens is 252 g/mol. The van der Waals surface area contributed by atoms with E-state index in [0.717, 1.165) is 35.1 Å². The van der Waals surface area contributed by atoms with Crippen molar-refractivity contribution in [2.45, 2.75) is 44.2 Å². The molecule has 0 aliphatic carbocycles. The Morgan fingerprint density at radius 1 is 1.25 bits per heavy atom. The van der Waals surface area contributed by atoms with Gasteiger partial charge in [0, 0.05) is 43.7 Å². The quantitative estimate of drug-likeness (QED) is 0.481. The maximum Gasteiger partial charge on any atom is 0.272 e. The first-order valence-electron chi connectivity index (χ1n) is 7.50. The van der Waals surface area contributed by atoms with Crippen LogP contribution in [0, 0.1) is 16.5 Å². The summed E-state index contributed by atoms with van der Waals surface area (Å²) in [7, 11) is 2.35. The highest BCUT2D eigenvalue weighted by molar-refractivity contribution is 5.39. The predicted molar refractivity (Wildman–Crippen MR) is 78.2 cm³/mol. The van der Waals surface area contributed by atoms with Crippen molar-refractivity contribution in [2.75, 3.05) is 13.6 Å². The molecule has 0 amide bonds. The van der Waals surface area contributed by atoms with Gasteiger partial charge in [0.05, 0.1) is 30.6 Å². The molecule has 3 rings (SSSR count). The monoisotopic (exact) mass is 274 g/mol. The number of likely N-dealkylation sites (N-methyl/N-ethyl adjacent to an activating group) is 1. The first-order chi connectivity index (χ1) is 9.61. The Balaban J connectivity index is 1.75. The van der Waals surface area contributed by atoms with Crippen LogP contribution in [0.25, 0.3) is 0 Å². The van der Waals surface area contributed by atoms with Gasteiger partial charge in [-0.3, -0.25) is 10.1 Å². The molecule has 1 aromatic carbocycles. The highest BCUT2D eigenvalue weighted by atomic mass is 16.6. The molecule has 2 bridgehead atoms. The van der Waals surface area contributed by atoms with Crippen molar-refractivity contribution in [3.63, 3.8) is 0 Å². The van der Waals surface area contributed by atoms with Crippen LogP contribution in [0.15, 0.2) is 24.3 Å². The second-order valence-corrected chi connectivity index (χ2v) is 6.35. The molecule has 0 aromatic heterocycles. The number of nitrogens with zero attached hydrogens (tertiary/aromatic N) is 2. The van der Waals surface area contributed by atoms with Crippen LogP contribution in [-0.2, 0) is 6.42 Å². The lowest BCUT2D eigenvalue weighted by Crippen LogP contribution is -2.56. The summed E-state index contributed by atoms with van der Waals surface area (Å²) in [5.41, 5.74) is 1.15. The van der Waals surface area contributed by atoms with E-state index < -0.39 is 0 Å². The summed E-state index contributed by atoms with van der Waals surface area (Å²) in [5, 5.41) is 11.1. The number of hydrogen-bond acceptors (Lipinski definition) is 2. The van der Waals surface area contributed by atoms with Crippen molar-refractivity contribution in [2.24, 2.45) is 0 Å². The third kappa shape index (κ3) is 2.22. The number of piperidine rings is 1. The van der Waals surface area contributed by atoms with Gasteiger partial charge in [-0.25, -0.2) is 0 Å². The second kappa shape index (κ2) is 5.17. The Kier molecular flexibility index (Phi) is 3.50. The summed E-state index contributed by atoms with van der Waals surface area (Å²) in [5.74, 6) is 0. The number of nitro groups is 1. The lowest BCUT2D eigenvalue weighted by molar-refractivity contribution is -0.946. The Bertz CT molecular complexity index is 499.